The van der Waals surface area contributed by atoms with Gasteiger partial charge < -0.3 is 9.47 Å². The van der Waals surface area contributed by atoms with Crippen molar-refractivity contribution in [2.24, 2.45) is 0 Å². The first-order valence-corrected chi connectivity index (χ1v) is 7.30. The molecule has 114 valence electrons. The van der Waals surface area contributed by atoms with E-state index in [1.165, 1.54) is 0 Å². The molecule has 0 heterocycles. The van der Waals surface area contributed by atoms with Gasteiger partial charge in [-0.15, -0.1) is 0 Å². The van der Waals surface area contributed by atoms with Crippen LogP contribution >= 0.6 is 0 Å². The molecule has 1 aromatic rings. The molecule has 0 aliphatic heterocycles. The van der Waals surface area contributed by atoms with E-state index in [-0.39, 0.29) is 23.7 Å². The lowest BCUT2D eigenvalue weighted by molar-refractivity contribution is 0.158. The molecule has 0 saturated carbocycles. The molecule has 2 atom stereocenters. The zero-order chi connectivity index (χ0) is 15.1. The van der Waals surface area contributed by atoms with Crippen molar-refractivity contribution in [1.29, 1.82) is 0 Å². The molecule has 0 aliphatic carbocycles. The highest BCUT2D eigenvalue weighted by Gasteiger charge is 2.20. The van der Waals surface area contributed by atoms with Gasteiger partial charge in [0.05, 0.1) is 12.2 Å². The second-order valence-corrected chi connectivity index (χ2v) is 5.12. The quantitative estimate of drug-likeness (QED) is 0.662. The summed E-state index contributed by atoms with van der Waals surface area (Å²) < 4.78 is 38.9. The lowest BCUT2D eigenvalue weighted by Crippen LogP contribution is -2.17. The summed E-state index contributed by atoms with van der Waals surface area (Å²) in [6.45, 7) is 7.71. The van der Waals surface area contributed by atoms with Crippen LogP contribution in [-0.4, -0.2) is 12.2 Å². The number of halogens is 2. The normalized spacial score (nSPS) is 13.9. The van der Waals surface area contributed by atoms with Crippen LogP contribution in [0.3, 0.4) is 0 Å². The van der Waals surface area contributed by atoms with E-state index in [0.29, 0.717) is 0 Å². The Morgan fingerprint density at radius 1 is 0.850 bits per heavy atom. The molecule has 0 amide bonds. The predicted octanol–water partition coefficient (Wildman–Crippen LogP) is 5.10. The molecule has 0 bridgehead atoms. The molecule has 0 saturated heterocycles. The van der Waals surface area contributed by atoms with E-state index in [2.05, 4.69) is 0 Å². The number of rotatable bonds is 8. The largest absolute Gasteiger partial charge is 0.484 e. The Balaban J connectivity index is 2.98. The smallest absolute Gasteiger partial charge is 0.200 e. The van der Waals surface area contributed by atoms with E-state index in [4.69, 9.17) is 9.47 Å². The monoisotopic (exact) mass is 286 g/mol. The number of hydrogen-bond acceptors (Lipinski definition) is 2. The van der Waals surface area contributed by atoms with Crippen molar-refractivity contribution in [2.75, 3.05) is 0 Å². The minimum absolute atomic E-state index is 0.117. The molecule has 4 heteroatoms. The van der Waals surface area contributed by atoms with Gasteiger partial charge in [0.25, 0.3) is 0 Å². The van der Waals surface area contributed by atoms with Gasteiger partial charge in [-0.1, -0.05) is 26.7 Å². The fraction of sp³-hybridized carbons (Fsp3) is 0.625. The van der Waals surface area contributed by atoms with Gasteiger partial charge in [0, 0.05) is 0 Å². The summed E-state index contributed by atoms with van der Waals surface area (Å²) >= 11 is 0. The Hall–Kier alpha value is -1.32. The van der Waals surface area contributed by atoms with Gasteiger partial charge in [-0.05, 0) is 38.8 Å². The molecular formula is C16H24F2O2. The summed E-state index contributed by atoms with van der Waals surface area (Å²) in [6.07, 6.45) is 3.03. The third-order valence-electron chi connectivity index (χ3n) is 3.04. The summed E-state index contributed by atoms with van der Waals surface area (Å²) in [6, 6.07) is 2.14. The highest BCUT2D eigenvalue weighted by Crippen LogP contribution is 2.35. The van der Waals surface area contributed by atoms with Crippen molar-refractivity contribution in [3.05, 3.63) is 23.8 Å². The topological polar surface area (TPSA) is 18.5 Å². The van der Waals surface area contributed by atoms with Gasteiger partial charge in [0.2, 0.25) is 11.5 Å². The van der Waals surface area contributed by atoms with Crippen LogP contribution in [0.5, 0.6) is 11.5 Å². The van der Waals surface area contributed by atoms with E-state index < -0.39 is 11.6 Å². The Morgan fingerprint density at radius 2 is 1.20 bits per heavy atom. The molecule has 2 nitrogen and oxygen atoms in total. The first-order valence-electron chi connectivity index (χ1n) is 7.30. The average molecular weight is 286 g/mol. The Bertz CT molecular complexity index is 382. The van der Waals surface area contributed by atoms with Gasteiger partial charge in [0.1, 0.15) is 0 Å². The van der Waals surface area contributed by atoms with Crippen LogP contribution < -0.4 is 9.47 Å². The van der Waals surface area contributed by atoms with Crippen LogP contribution in [0.4, 0.5) is 8.78 Å². The lowest BCUT2D eigenvalue weighted by atomic mass is 10.2. The molecule has 0 aromatic heterocycles. The zero-order valence-electron chi connectivity index (χ0n) is 12.7. The van der Waals surface area contributed by atoms with Crippen molar-refractivity contribution < 1.29 is 18.3 Å². The summed E-state index contributed by atoms with van der Waals surface area (Å²) in [4.78, 5) is 0. The lowest BCUT2D eigenvalue weighted by Gasteiger charge is -2.21. The first kappa shape index (κ1) is 16.7. The average Bonchev–Trinajstić information content (AvgIpc) is 2.38. The van der Waals surface area contributed by atoms with E-state index in [1.54, 1.807) is 0 Å². The van der Waals surface area contributed by atoms with Crippen molar-refractivity contribution >= 4 is 0 Å². The maximum absolute atomic E-state index is 13.9. The second-order valence-electron chi connectivity index (χ2n) is 5.12. The fourth-order valence-electron chi connectivity index (χ4n) is 2.07. The zero-order valence-corrected chi connectivity index (χ0v) is 12.7. The Labute approximate surface area is 120 Å². The molecule has 0 aliphatic rings. The third-order valence-corrected chi connectivity index (χ3v) is 3.04. The molecule has 2 unspecified atom stereocenters. The highest BCUT2D eigenvalue weighted by molar-refractivity contribution is 5.42. The SMILES string of the molecule is CCCC(C)Oc1c(F)ccc(F)c1OC(C)CCC. The molecule has 0 radical (unpaired) electrons. The minimum Gasteiger partial charge on any atom is -0.484 e. The molecule has 1 aromatic carbocycles. The summed E-state index contributed by atoms with van der Waals surface area (Å²) in [5.74, 6) is -1.41. The minimum atomic E-state index is -0.590. The Morgan fingerprint density at radius 3 is 1.50 bits per heavy atom. The summed E-state index contributed by atoms with van der Waals surface area (Å²) in [5, 5.41) is 0. The van der Waals surface area contributed by atoms with E-state index in [0.717, 1.165) is 37.8 Å². The van der Waals surface area contributed by atoms with Crippen LogP contribution in [0.15, 0.2) is 12.1 Å². The maximum atomic E-state index is 13.9. The van der Waals surface area contributed by atoms with Gasteiger partial charge in [-0.3, -0.25) is 0 Å². The summed E-state index contributed by atoms with van der Waals surface area (Å²) in [7, 11) is 0. The van der Waals surface area contributed by atoms with Crippen LogP contribution in [-0.2, 0) is 0 Å². The van der Waals surface area contributed by atoms with E-state index in [1.807, 2.05) is 27.7 Å². The fourth-order valence-corrected chi connectivity index (χ4v) is 2.07. The summed E-state index contributed by atoms with van der Waals surface area (Å²) in [5.41, 5.74) is 0. The van der Waals surface area contributed by atoms with Crippen molar-refractivity contribution in [3.8, 4) is 11.5 Å². The van der Waals surface area contributed by atoms with Crippen LogP contribution in [0, 0.1) is 11.6 Å². The van der Waals surface area contributed by atoms with E-state index >= 15 is 0 Å². The number of benzene rings is 1. The number of ether oxygens (including phenoxy) is 2. The first-order chi connectivity index (χ1) is 9.49. The maximum Gasteiger partial charge on any atom is 0.200 e. The molecule has 1 rings (SSSR count). The Kier molecular flexibility index (Phi) is 6.76. The van der Waals surface area contributed by atoms with Gasteiger partial charge in [-0.2, -0.15) is 0 Å². The molecule has 20 heavy (non-hydrogen) atoms. The van der Waals surface area contributed by atoms with Crippen LogP contribution in [0.1, 0.15) is 53.4 Å². The third kappa shape index (κ3) is 4.66. The van der Waals surface area contributed by atoms with Crippen molar-refractivity contribution in [2.45, 2.75) is 65.6 Å². The van der Waals surface area contributed by atoms with Gasteiger partial charge >= 0.3 is 0 Å². The van der Waals surface area contributed by atoms with Crippen LogP contribution in [0.2, 0.25) is 0 Å². The van der Waals surface area contributed by atoms with Crippen LogP contribution in [0.25, 0.3) is 0 Å². The standard InChI is InChI=1S/C16H24F2O2/c1-5-7-11(3)19-15-13(17)9-10-14(18)16(15)20-12(4)8-6-2/h9-12H,5-8H2,1-4H3. The molecule has 0 N–H and O–H groups in total. The highest BCUT2D eigenvalue weighted by atomic mass is 19.1. The van der Waals surface area contributed by atoms with Gasteiger partial charge in [-0.25, -0.2) is 8.78 Å². The van der Waals surface area contributed by atoms with Gasteiger partial charge in [0.15, 0.2) is 11.6 Å². The van der Waals surface area contributed by atoms with E-state index in [9.17, 15) is 8.78 Å². The molecule has 0 spiro atoms. The molecule has 0 fully saturated rings. The number of hydrogen-bond donors (Lipinski definition) is 0. The van der Waals surface area contributed by atoms with Crippen molar-refractivity contribution in [3.63, 3.8) is 0 Å². The van der Waals surface area contributed by atoms with Crippen molar-refractivity contribution in [1.82, 2.24) is 0 Å². The second kappa shape index (κ2) is 8.08. The predicted molar refractivity (Wildman–Crippen MR) is 76.4 cm³/mol. The molecular weight excluding hydrogens is 262 g/mol.